The molecule has 0 aromatic carbocycles. The van der Waals surface area contributed by atoms with E-state index < -0.39 is 0 Å². The topological polar surface area (TPSA) is 64.1 Å². The van der Waals surface area contributed by atoms with Gasteiger partial charge in [-0.2, -0.15) is 0 Å². The van der Waals surface area contributed by atoms with E-state index in [1.807, 2.05) is 6.07 Å². The van der Waals surface area contributed by atoms with Gasteiger partial charge in [-0.3, -0.25) is 9.69 Å². The first-order valence-corrected chi connectivity index (χ1v) is 9.63. The molecule has 1 atom stereocenters. The van der Waals surface area contributed by atoms with E-state index >= 15 is 0 Å². The number of ether oxygens (including phenoxy) is 3. The fourth-order valence-corrected chi connectivity index (χ4v) is 3.98. The minimum absolute atomic E-state index is 0.0129. The predicted octanol–water partition coefficient (Wildman–Crippen LogP) is 1.57. The molecule has 0 aliphatic carbocycles. The Morgan fingerprint density at radius 1 is 1.44 bits per heavy atom. The summed E-state index contributed by atoms with van der Waals surface area (Å²) in [5.41, 5.74) is 1.10. The van der Waals surface area contributed by atoms with Crippen LogP contribution in [0.2, 0.25) is 0 Å². The molecule has 0 N–H and O–H groups in total. The molecular formula is C20H31N3O4. The van der Waals surface area contributed by atoms with Gasteiger partial charge < -0.3 is 19.1 Å². The number of methoxy groups -OCH3 is 1. The van der Waals surface area contributed by atoms with Crippen molar-refractivity contribution in [3.05, 3.63) is 23.9 Å². The summed E-state index contributed by atoms with van der Waals surface area (Å²) >= 11 is 0. The highest BCUT2D eigenvalue weighted by molar-refractivity contribution is 5.76. The van der Waals surface area contributed by atoms with E-state index in [4.69, 9.17) is 14.2 Å². The van der Waals surface area contributed by atoms with Gasteiger partial charge >= 0.3 is 0 Å². The predicted molar refractivity (Wildman–Crippen MR) is 102 cm³/mol. The molecule has 7 heteroatoms. The van der Waals surface area contributed by atoms with Gasteiger partial charge in [-0.15, -0.1) is 0 Å². The zero-order valence-electron chi connectivity index (χ0n) is 16.6. The Hall–Kier alpha value is -1.70. The standard InChI is InChI=1S/C20H31N3O4/c1-22(2)18(24)13-26-9-6-16-7-10-27-20(11-16)14-23(15-20)12-17-5-4-8-21-19(17)25-3/h4-5,8,16H,6-7,9-15H2,1-3H3/t16-/m1/s1. The van der Waals surface area contributed by atoms with Crippen molar-refractivity contribution in [1.29, 1.82) is 0 Å². The fraction of sp³-hybridized carbons (Fsp3) is 0.700. The van der Waals surface area contributed by atoms with Crippen LogP contribution in [0.3, 0.4) is 0 Å². The summed E-state index contributed by atoms with van der Waals surface area (Å²) in [5, 5.41) is 0. The molecule has 3 rings (SSSR count). The molecule has 2 aliphatic heterocycles. The highest BCUT2D eigenvalue weighted by atomic mass is 16.5. The van der Waals surface area contributed by atoms with Crippen molar-refractivity contribution in [1.82, 2.24) is 14.8 Å². The molecule has 1 spiro atoms. The third kappa shape index (κ3) is 5.18. The average molecular weight is 377 g/mol. The molecular weight excluding hydrogens is 346 g/mol. The number of rotatable bonds is 8. The second-order valence-corrected chi connectivity index (χ2v) is 7.84. The highest BCUT2D eigenvalue weighted by Gasteiger charge is 2.47. The highest BCUT2D eigenvalue weighted by Crippen LogP contribution is 2.39. The molecule has 1 aromatic rings. The molecule has 0 radical (unpaired) electrons. The molecule has 1 aromatic heterocycles. The summed E-state index contributed by atoms with van der Waals surface area (Å²) in [6.07, 6.45) is 4.88. The Bertz CT molecular complexity index is 631. The van der Waals surface area contributed by atoms with Gasteiger partial charge in [0, 0.05) is 58.7 Å². The average Bonchev–Trinajstić information content (AvgIpc) is 2.64. The first-order valence-electron chi connectivity index (χ1n) is 9.63. The zero-order valence-corrected chi connectivity index (χ0v) is 16.6. The number of carbonyl (C=O) groups is 1. The summed E-state index contributed by atoms with van der Waals surface area (Å²) in [5.74, 6) is 1.31. The Morgan fingerprint density at radius 2 is 2.26 bits per heavy atom. The molecule has 1 amide bonds. The summed E-state index contributed by atoms with van der Waals surface area (Å²) in [4.78, 5) is 19.8. The lowest BCUT2D eigenvalue weighted by Crippen LogP contribution is -2.64. The maximum Gasteiger partial charge on any atom is 0.248 e. The number of hydrogen-bond donors (Lipinski definition) is 0. The number of likely N-dealkylation sites (tertiary alicyclic amines) is 1. The normalized spacial score (nSPS) is 21.7. The van der Waals surface area contributed by atoms with Gasteiger partial charge in [0.1, 0.15) is 6.61 Å². The molecule has 3 heterocycles. The number of carbonyl (C=O) groups excluding carboxylic acids is 1. The fourth-order valence-electron chi connectivity index (χ4n) is 3.98. The van der Waals surface area contributed by atoms with Crippen LogP contribution in [0.4, 0.5) is 0 Å². The third-order valence-electron chi connectivity index (χ3n) is 5.45. The Morgan fingerprint density at radius 3 is 3.00 bits per heavy atom. The summed E-state index contributed by atoms with van der Waals surface area (Å²) in [7, 11) is 5.15. The minimum atomic E-state index is -0.0161. The number of likely N-dealkylation sites (N-methyl/N-ethyl adjacent to an activating group) is 1. The first kappa shape index (κ1) is 20.0. The van der Waals surface area contributed by atoms with Gasteiger partial charge in [0.15, 0.2) is 0 Å². The monoisotopic (exact) mass is 377 g/mol. The van der Waals surface area contributed by atoms with Crippen LogP contribution in [0.25, 0.3) is 0 Å². The lowest BCUT2D eigenvalue weighted by Gasteiger charge is -2.53. The second kappa shape index (κ2) is 8.99. The van der Waals surface area contributed by atoms with Crippen LogP contribution < -0.4 is 4.74 Å². The molecule has 2 fully saturated rings. The van der Waals surface area contributed by atoms with Crippen molar-refractivity contribution >= 4 is 5.91 Å². The number of hydrogen-bond acceptors (Lipinski definition) is 6. The molecule has 0 saturated carbocycles. The van der Waals surface area contributed by atoms with Crippen LogP contribution in [0.15, 0.2) is 18.3 Å². The van der Waals surface area contributed by atoms with Crippen LogP contribution in [-0.4, -0.2) is 80.4 Å². The van der Waals surface area contributed by atoms with E-state index in [-0.39, 0.29) is 18.1 Å². The number of amides is 1. The molecule has 7 nitrogen and oxygen atoms in total. The molecule has 150 valence electrons. The molecule has 2 aliphatic rings. The maximum absolute atomic E-state index is 11.5. The summed E-state index contributed by atoms with van der Waals surface area (Å²) < 4.78 is 17.0. The third-order valence-corrected chi connectivity index (χ3v) is 5.45. The maximum atomic E-state index is 11.5. The lowest BCUT2D eigenvalue weighted by molar-refractivity contribution is -0.182. The molecule has 0 unspecified atom stereocenters. The van der Waals surface area contributed by atoms with Crippen molar-refractivity contribution in [2.45, 2.75) is 31.4 Å². The van der Waals surface area contributed by atoms with Crippen LogP contribution >= 0.6 is 0 Å². The van der Waals surface area contributed by atoms with Crippen LogP contribution in [0, 0.1) is 5.92 Å². The number of nitrogens with zero attached hydrogens (tertiary/aromatic N) is 3. The van der Waals surface area contributed by atoms with Gasteiger partial charge in [-0.25, -0.2) is 4.98 Å². The van der Waals surface area contributed by atoms with E-state index in [1.165, 1.54) is 0 Å². The van der Waals surface area contributed by atoms with Crippen molar-refractivity contribution in [2.24, 2.45) is 5.92 Å². The van der Waals surface area contributed by atoms with Gasteiger partial charge in [-0.1, -0.05) is 6.07 Å². The molecule has 27 heavy (non-hydrogen) atoms. The van der Waals surface area contributed by atoms with E-state index in [1.54, 1.807) is 32.3 Å². The van der Waals surface area contributed by atoms with E-state index in [2.05, 4.69) is 16.0 Å². The van der Waals surface area contributed by atoms with E-state index in [9.17, 15) is 4.79 Å². The van der Waals surface area contributed by atoms with Crippen molar-refractivity contribution in [3.8, 4) is 5.88 Å². The van der Waals surface area contributed by atoms with Crippen LogP contribution in [0.1, 0.15) is 24.8 Å². The largest absolute Gasteiger partial charge is 0.481 e. The summed E-state index contributed by atoms with van der Waals surface area (Å²) in [6.45, 7) is 4.34. The van der Waals surface area contributed by atoms with Gasteiger partial charge in [0.05, 0.1) is 12.7 Å². The first-order chi connectivity index (χ1) is 13.0. The van der Waals surface area contributed by atoms with Crippen molar-refractivity contribution in [3.63, 3.8) is 0 Å². The lowest BCUT2D eigenvalue weighted by atomic mass is 9.79. The van der Waals surface area contributed by atoms with Crippen molar-refractivity contribution in [2.75, 3.05) is 54.1 Å². The Labute approximate surface area is 161 Å². The van der Waals surface area contributed by atoms with Crippen LogP contribution in [0.5, 0.6) is 5.88 Å². The number of aromatic nitrogens is 1. The van der Waals surface area contributed by atoms with E-state index in [0.717, 1.165) is 51.1 Å². The van der Waals surface area contributed by atoms with Gasteiger partial charge in [0.25, 0.3) is 0 Å². The Kier molecular flexibility index (Phi) is 6.68. The Balaban J connectivity index is 1.41. The van der Waals surface area contributed by atoms with Crippen molar-refractivity contribution < 1.29 is 19.0 Å². The smallest absolute Gasteiger partial charge is 0.248 e. The summed E-state index contributed by atoms with van der Waals surface area (Å²) in [6, 6.07) is 4.01. The van der Waals surface area contributed by atoms with Crippen LogP contribution in [-0.2, 0) is 20.8 Å². The SMILES string of the molecule is COc1ncccc1CN1CC2(C[C@H](CCOCC(=O)N(C)C)CCO2)C1. The molecule has 2 saturated heterocycles. The zero-order chi connectivity index (χ0) is 19.3. The molecule has 0 bridgehead atoms. The quantitative estimate of drug-likeness (QED) is 0.641. The van der Waals surface area contributed by atoms with E-state index in [0.29, 0.717) is 18.4 Å². The number of pyridine rings is 1. The minimum Gasteiger partial charge on any atom is -0.481 e. The van der Waals surface area contributed by atoms with Gasteiger partial charge in [-0.05, 0) is 31.2 Å². The van der Waals surface area contributed by atoms with Gasteiger partial charge in [0.2, 0.25) is 11.8 Å². The second-order valence-electron chi connectivity index (χ2n) is 7.84.